The molecule has 0 atom stereocenters. The van der Waals surface area contributed by atoms with E-state index in [2.05, 4.69) is 39.7 Å². The van der Waals surface area contributed by atoms with Gasteiger partial charge in [-0.1, -0.05) is 12.1 Å². The van der Waals surface area contributed by atoms with Gasteiger partial charge in [0.2, 0.25) is 0 Å². The highest BCUT2D eigenvalue weighted by molar-refractivity contribution is 14.0. The zero-order chi connectivity index (χ0) is 17.4. The Kier molecular flexibility index (Phi) is 9.81. The molecule has 2 rings (SSSR count). The van der Waals surface area contributed by atoms with Gasteiger partial charge in [-0.05, 0) is 44.9 Å². The van der Waals surface area contributed by atoms with Crippen molar-refractivity contribution in [3.63, 3.8) is 0 Å². The van der Waals surface area contributed by atoms with Crippen molar-refractivity contribution in [3.05, 3.63) is 45.4 Å². The summed E-state index contributed by atoms with van der Waals surface area (Å²) < 4.78 is 5.26. The first-order chi connectivity index (χ1) is 11.6. The van der Waals surface area contributed by atoms with E-state index in [4.69, 9.17) is 4.74 Å². The number of aliphatic imine (C=N–C) groups is 1. The van der Waals surface area contributed by atoms with E-state index in [9.17, 15) is 0 Å². The van der Waals surface area contributed by atoms with E-state index in [1.807, 2.05) is 26.0 Å². The molecule has 0 fully saturated rings. The fraction of sp³-hybridized carbons (Fsp3) is 0.444. The second-order valence-corrected chi connectivity index (χ2v) is 6.75. The average molecular weight is 474 g/mol. The second-order valence-electron chi connectivity index (χ2n) is 5.46. The van der Waals surface area contributed by atoms with Crippen LogP contribution in [0.1, 0.15) is 28.1 Å². The number of methoxy groups -OCH3 is 1. The summed E-state index contributed by atoms with van der Waals surface area (Å²) >= 11 is 1.71. The van der Waals surface area contributed by atoms with Gasteiger partial charge in [-0.25, -0.2) is 9.98 Å². The number of ether oxygens (including phenoxy) is 1. The third-order valence-corrected chi connectivity index (χ3v) is 4.62. The van der Waals surface area contributed by atoms with E-state index in [0.29, 0.717) is 6.54 Å². The van der Waals surface area contributed by atoms with E-state index in [1.54, 1.807) is 18.4 Å². The predicted octanol–water partition coefficient (Wildman–Crippen LogP) is 3.68. The third kappa shape index (κ3) is 7.19. The van der Waals surface area contributed by atoms with Crippen LogP contribution in [-0.2, 0) is 13.0 Å². The average Bonchev–Trinajstić information content (AvgIpc) is 2.90. The molecule has 0 saturated carbocycles. The SMILES string of the molecule is CCNC(=NCc1sc(C)nc1C)NCCc1cccc(OC)c1.I. The summed E-state index contributed by atoms with van der Waals surface area (Å²) in [6, 6.07) is 8.15. The predicted molar refractivity (Wildman–Crippen MR) is 117 cm³/mol. The first-order valence-corrected chi connectivity index (χ1v) is 9.02. The molecule has 0 saturated heterocycles. The van der Waals surface area contributed by atoms with E-state index < -0.39 is 0 Å². The van der Waals surface area contributed by atoms with Gasteiger partial charge < -0.3 is 15.4 Å². The number of rotatable bonds is 7. The molecule has 0 unspecified atom stereocenters. The molecule has 1 heterocycles. The lowest BCUT2D eigenvalue weighted by Gasteiger charge is -2.11. The summed E-state index contributed by atoms with van der Waals surface area (Å²) in [6.45, 7) is 8.46. The number of hydrogen-bond donors (Lipinski definition) is 2. The number of aryl methyl sites for hydroxylation is 2. The molecule has 0 radical (unpaired) electrons. The zero-order valence-electron chi connectivity index (χ0n) is 15.3. The molecule has 138 valence electrons. The maximum Gasteiger partial charge on any atom is 0.191 e. The summed E-state index contributed by atoms with van der Waals surface area (Å²) in [5.74, 6) is 1.73. The molecular formula is C18H27IN4OS. The van der Waals surface area contributed by atoms with Crippen molar-refractivity contribution in [2.75, 3.05) is 20.2 Å². The standard InChI is InChI=1S/C18H26N4OS.HI/c1-5-19-18(21-12-17-13(2)22-14(3)24-17)20-10-9-15-7-6-8-16(11-15)23-4;/h6-8,11H,5,9-10,12H2,1-4H3,(H2,19,20,21);1H. The number of halogens is 1. The first kappa shape index (κ1) is 21.7. The van der Waals surface area contributed by atoms with Gasteiger partial charge in [0.1, 0.15) is 5.75 Å². The minimum absolute atomic E-state index is 0. The smallest absolute Gasteiger partial charge is 0.191 e. The highest BCUT2D eigenvalue weighted by Crippen LogP contribution is 2.17. The van der Waals surface area contributed by atoms with Crippen LogP contribution in [0.15, 0.2) is 29.3 Å². The van der Waals surface area contributed by atoms with Crippen LogP contribution in [0.5, 0.6) is 5.75 Å². The van der Waals surface area contributed by atoms with Crippen molar-refractivity contribution in [3.8, 4) is 5.75 Å². The summed E-state index contributed by atoms with van der Waals surface area (Å²) in [4.78, 5) is 10.3. The Morgan fingerprint density at radius 1 is 1.28 bits per heavy atom. The summed E-state index contributed by atoms with van der Waals surface area (Å²) in [5, 5.41) is 7.76. The fourth-order valence-electron chi connectivity index (χ4n) is 2.37. The molecule has 5 nitrogen and oxygen atoms in total. The van der Waals surface area contributed by atoms with Gasteiger partial charge in [-0.2, -0.15) is 0 Å². The number of benzene rings is 1. The van der Waals surface area contributed by atoms with Crippen molar-refractivity contribution in [1.29, 1.82) is 0 Å². The normalized spacial score (nSPS) is 11.0. The van der Waals surface area contributed by atoms with E-state index in [1.165, 1.54) is 10.4 Å². The molecule has 0 aliphatic carbocycles. The van der Waals surface area contributed by atoms with Crippen molar-refractivity contribution in [2.24, 2.45) is 4.99 Å². The van der Waals surface area contributed by atoms with Gasteiger partial charge in [-0.15, -0.1) is 35.3 Å². The molecule has 25 heavy (non-hydrogen) atoms. The Balaban J connectivity index is 0.00000312. The lowest BCUT2D eigenvalue weighted by atomic mass is 10.1. The van der Waals surface area contributed by atoms with Gasteiger partial charge in [0.15, 0.2) is 5.96 Å². The number of thiazole rings is 1. The maximum absolute atomic E-state index is 5.26. The fourth-order valence-corrected chi connectivity index (χ4v) is 3.23. The van der Waals surface area contributed by atoms with Crippen LogP contribution < -0.4 is 15.4 Å². The molecule has 2 aromatic rings. The van der Waals surface area contributed by atoms with Crippen LogP contribution in [-0.4, -0.2) is 31.1 Å². The van der Waals surface area contributed by atoms with Gasteiger partial charge in [0.05, 0.1) is 24.4 Å². The Bertz CT molecular complexity index is 687. The summed E-state index contributed by atoms with van der Waals surface area (Å²) in [6.07, 6.45) is 0.917. The Morgan fingerprint density at radius 3 is 2.72 bits per heavy atom. The number of guanidine groups is 1. The van der Waals surface area contributed by atoms with Gasteiger partial charge in [-0.3, -0.25) is 0 Å². The van der Waals surface area contributed by atoms with Crippen LogP contribution in [0.3, 0.4) is 0 Å². The van der Waals surface area contributed by atoms with Crippen LogP contribution in [0.25, 0.3) is 0 Å². The lowest BCUT2D eigenvalue weighted by molar-refractivity contribution is 0.414. The highest BCUT2D eigenvalue weighted by Gasteiger charge is 2.05. The molecule has 0 amide bonds. The van der Waals surface area contributed by atoms with Crippen molar-refractivity contribution in [1.82, 2.24) is 15.6 Å². The van der Waals surface area contributed by atoms with Crippen LogP contribution in [0.4, 0.5) is 0 Å². The largest absolute Gasteiger partial charge is 0.497 e. The zero-order valence-corrected chi connectivity index (χ0v) is 18.4. The topological polar surface area (TPSA) is 58.5 Å². The molecule has 0 spiro atoms. The minimum atomic E-state index is 0. The van der Waals surface area contributed by atoms with Crippen LogP contribution in [0, 0.1) is 13.8 Å². The van der Waals surface area contributed by atoms with E-state index in [0.717, 1.165) is 41.9 Å². The monoisotopic (exact) mass is 474 g/mol. The van der Waals surface area contributed by atoms with Crippen molar-refractivity contribution >= 4 is 41.3 Å². The first-order valence-electron chi connectivity index (χ1n) is 8.20. The molecule has 0 aliphatic rings. The molecule has 1 aromatic carbocycles. The highest BCUT2D eigenvalue weighted by atomic mass is 127. The van der Waals surface area contributed by atoms with Crippen LogP contribution >= 0.6 is 35.3 Å². The van der Waals surface area contributed by atoms with Crippen molar-refractivity contribution in [2.45, 2.75) is 33.7 Å². The minimum Gasteiger partial charge on any atom is -0.497 e. The maximum atomic E-state index is 5.26. The quantitative estimate of drug-likeness (QED) is 0.365. The Morgan fingerprint density at radius 2 is 2.08 bits per heavy atom. The number of nitrogens with zero attached hydrogens (tertiary/aromatic N) is 2. The third-order valence-electron chi connectivity index (χ3n) is 3.56. The van der Waals surface area contributed by atoms with Gasteiger partial charge in [0.25, 0.3) is 0 Å². The molecular weight excluding hydrogens is 447 g/mol. The molecule has 2 N–H and O–H groups in total. The number of nitrogens with one attached hydrogen (secondary N) is 2. The summed E-state index contributed by atoms with van der Waals surface area (Å²) in [7, 11) is 1.69. The second kappa shape index (κ2) is 11.3. The van der Waals surface area contributed by atoms with Crippen LogP contribution in [0.2, 0.25) is 0 Å². The molecule has 0 aliphatic heterocycles. The van der Waals surface area contributed by atoms with E-state index >= 15 is 0 Å². The Hall–Kier alpha value is -1.35. The molecule has 7 heteroatoms. The van der Waals surface area contributed by atoms with Gasteiger partial charge in [0, 0.05) is 18.0 Å². The molecule has 0 bridgehead atoms. The summed E-state index contributed by atoms with van der Waals surface area (Å²) in [5.41, 5.74) is 2.32. The van der Waals surface area contributed by atoms with Gasteiger partial charge >= 0.3 is 0 Å². The van der Waals surface area contributed by atoms with Crippen molar-refractivity contribution < 1.29 is 4.74 Å². The number of aromatic nitrogens is 1. The van der Waals surface area contributed by atoms with E-state index in [-0.39, 0.29) is 24.0 Å². The molecule has 1 aromatic heterocycles. The Labute approximate surface area is 171 Å². The lowest BCUT2D eigenvalue weighted by Crippen LogP contribution is -2.38. The number of hydrogen-bond acceptors (Lipinski definition) is 4.